The van der Waals surface area contributed by atoms with Crippen LogP contribution in [0.25, 0.3) is 0 Å². The minimum atomic E-state index is -4.07. The van der Waals surface area contributed by atoms with E-state index in [1.54, 1.807) is 25.1 Å². The minimum Gasteiger partial charge on any atom is -0.465 e. The molecular weight excluding hydrogens is 386 g/mol. The Morgan fingerprint density at radius 2 is 1.86 bits per heavy atom. The molecule has 1 aliphatic rings. The Bertz CT molecular complexity index is 957. The highest BCUT2D eigenvalue weighted by Crippen LogP contribution is 2.35. The first-order valence-electron chi connectivity index (χ1n) is 8.65. The van der Waals surface area contributed by atoms with E-state index < -0.39 is 28.1 Å². The summed E-state index contributed by atoms with van der Waals surface area (Å²) in [6, 6.07) is 9.21. The molecule has 0 radical (unpaired) electrons. The fourth-order valence-electron chi connectivity index (χ4n) is 2.72. The van der Waals surface area contributed by atoms with Gasteiger partial charge in [0.05, 0.1) is 11.5 Å². The van der Waals surface area contributed by atoms with Gasteiger partial charge in [-0.25, -0.2) is 8.42 Å². The van der Waals surface area contributed by atoms with Gasteiger partial charge < -0.3 is 19.3 Å². The number of esters is 1. The van der Waals surface area contributed by atoms with E-state index in [1.807, 2.05) is 6.92 Å². The first-order valence-corrected chi connectivity index (χ1v) is 10.1. The topological polar surface area (TPSA) is 111 Å². The number of carbonyl (C=O) groups is 1. The number of aliphatic hydroxyl groups is 1. The van der Waals surface area contributed by atoms with E-state index in [1.165, 1.54) is 24.3 Å². The molecule has 0 amide bonds. The van der Waals surface area contributed by atoms with E-state index in [0.29, 0.717) is 11.5 Å². The predicted molar refractivity (Wildman–Crippen MR) is 99.4 cm³/mol. The number of aliphatic hydroxyl groups excluding tert-OH is 1. The van der Waals surface area contributed by atoms with Crippen molar-refractivity contribution in [3.05, 3.63) is 53.6 Å². The number of ether oxygens (including phenoxy) is 3. The van der Waals surface area contributed by atoms with Gasteiger partial charge in [-0.3, -0.25) is 4.79 Å². The predicted octanol–water partition coefficient (Wildman–Crippen LogP) is 1.67. The van der Waals surface area contributed by atoms with Crippen LogP contribution in [0.15, 0.2) is 47.4 Å². The van der Waals surface area contributed by atoms with Gasteiger partial charge in [-0.05, 0) is 43.7 Å². The minimum absolute atomic E-state index is 0.0229. The highest BCUT2D eigenvalue weighted by Gasteiger charge is 2.34. The number of benzene rings is 2. The van der Waals surface area contributed by atoms with E-state index in [2.05, 4.69) is 4.72 Å². The molecule has 2 N–H and O–H groups in total. The molecule has 0 aromatic heterocycles. The average molecular weight is 407 g/mol. The number of rotatable bonds is 7. The summed E-state index contributed by atoms with van der Waals surface area (Å²) < 4.78 is 43.1. The quantitative estimate of drug-likeness (QED) is 0.672. The van der Waals surface area contributed by atoms with Crippen molar-refractivity contribution >= 4 is 16.0 Å². The lowest BCUT2D eigenvalue weighted by Crippen LogP contribution is -2.45. The summed E-state index contributed by atoms with van der Waals surface area (Å²) in [5, 5.41) is 10.7. The van der Waals surface area contributed by atoms with Crippen LogP contribution >= 0.6 is 0 Å². The fraction of sp³-hybridized carbons (Fsp3) is 0.316. The van der Waals surface area contributed by atoms with Crippen molar-refractivity contribution in [3.63, 3.8) is 0 Å². The van der Waals surface area contributed by atoms with E-state index in [-0.39, 0.29) is 23.9 Å². The Morgan fingerprint density at radius 3 is 2.54 bits per heavy atom. The van der Waals surface area contributed by atoms with Gasteiger partial charge in [0.2, 0.25) is 16.8 Å². The molecule has 2 unspecified atom stereocenters. The zero-order valence-electron chi connectivity index (χ0n) is 15.4. The molecule has 1 heterocycles. The van der Waals surface area contributed by atoms with Crippen LogP contribution in [0.5, 0.6) is 11.5 Å². The summed E-state index contributed by atoms with van der Waals surface area (Å²) in [5.41, 5.74) is 1.18. The smallest absolute Gasteiger partial charge is 0.327 e. The van der Waals surface area contributed by atoms with Crippen molar-refractivity contribution in [1.29, 1.82) is 0 Å². The third-order valence-corrected chi connectivity index (χ3v) is 5.66. The Hall–Kier alpha value is -2.62. The van der Waals surface area contributed by atoms with Crippen LogP contribution in [-0.4, -0.2) is 38.9 Å². The maximum atomic E-state index is 12.7. The van der Waals surface area contributed by atoms with Crippen molar-refractivity contribution in [3.8, 4) is 11.5 Å². The summed E-state index contributed by atoms with van der Waals surface area (Å²) in [6.07, 6.45) is -1.49. The Balaban J connectivity index is 1.90. The molecule has 0 fully saturated rings. The van der Waals surface area contributed by atoms with Crippen LogP contribution in [-0.2, 0) is 19.6 Å². The highest BCUT2D eigenvalue weighted by atomic mass is 32.2. The second-order valence-electron chi connectivity index (χ2n) is 6.22. The van der Waals surface area contributed by atoms with E-state index in [9.17, 15) is 18.3 Å². The van der Waals surface area contributed by atoms with Crippen molar-refractivity contribution < 1.29 is 32.5 Å². The van der Waals surface area contributed by atoms with Crippen molar-refractivity contribution in [2.75, 3.05) is 13.4 Å². The molecule has 0 spiro atoms. The van der Waals surface area contributed by atoms with E-state index in [0.717, 1.165) is 5.56 Å². The molecule has 0 bridgehead atoms. The summed E-state index contributed by atoms with van der Waals surface area (Å²) >= 11 is 0. The van der Waals surface area contributed by atoms with Crippen molar-refractivity contribution in [1.82, 2.24) is 4.72 Å². The summed E-state index contributed by atoms with van der Waals surface area (Å²) in [5.74, 6) is 0.0211. The van der Waals surface area contributed by atoms with Crippen molar-refractivity contribution in [2.45, 2.75) is 30.9 Å². The van der Waals surface area contributed by atoms with E-state index >= 15 is 0 Å². The Morgan fingerprint density at radius 1 is 1.18 bits per heavy atom. The standard InChI is InChI=1S/C19H21NO7S/c1-3-25-19(22)17(20-28(23,24)14-7-4-12(2)5-8-14)18(21)13-6-9-15-16(10-13)27-11-26-15/h4-10,17-18,20-21H,3,11H2,1-2H3. The van der Waals surface area contributed by atoms with Gasteiger partial charge >= 0.3 is 5.97 Å². The number of hydrogen-bond acceptors (Lipinski definition) is 7. The third kappa shape index (κ3) is 4.27. The van der Waals surface area contributed by atoms with Crippen LogP contribution in [0.4, 0.5) is 0 Å². The summed E-state index contributed by atoms with van der Waals surface area (Å²) in [7, 11) is -4.07. The molecule has 28 heavy (non-hydrogen) atoms. The normalized spacial score (nSPS) is 15.1. The zero-order chi connectivity index (χ0) is 20.3. The van der Waals surface area contributed by atoms with Crippen LogP contribution in [0.3, 0.4) is 0 Å². The summed E-state index contributed by atoms with van der Waals surface area (Å²) in [4.78, 5) is 12.4. The number of nitrogens with one attached hydrogen (secondary N) is 1. The molecule has 8 nitrogen and oxygen atoms in total. The molecule has 1 aliphatic heterocycles. The number of sulfonamides is 1. The molecular formula is C19H21NO7S. The molecule has 3 rings (SSSR count). The first kappa shape index (κ1) is 20.1. The largest absolute Gasteiger partial charge is 0.465 e. The van der Waals surface area contributed by atoms with Crippen molar-refractivity contribution in [2.24, 2.45) is 0 Å². The van der Waals surface area contributed by atoms with Crippen LogP contribution in [0.2, 0.25) is 0 Å². The molecule has 2 aromatic carbocycles. The third-order valence-electron chi connectivity index (χ3n) is 4.21. The number of hydrogen-bond donors (Lipinski definition) is 2. The molecule has 0 aliphatic carbocycles. The van der Waals surface area contributed by atoms with Crippen LogP contribution in [0.1, 0.15) is 24.2 Å². The molecule has 9 heteroatoms. The molecule has 2 atom stereocenters. The first-order chi connectivity index (χ1) is 13.3. The number of carbonyl (C=O) groups excluding carboxylic acids is 1. The van der Waals surface area contributed by atoms with Crippen LogP contribution < -0.4 is 14.2 Å². The zero-order valence-corrected chi connectivity index (χ0v) is 16.2. The molecule has 150 valence electrons. The summed E-state index contributed by atoms with van der Waals surface area (Å²) in [6.45, 7) is 3.51. The fourth-order valence-corrected chi connectivity index (χ4v) is 3.91. The van der Waals surface area contributed by atoms with Gasteiger partial charge in [-0.1, -0.05) is 23.8 Å². The van der Waals surface area contributed by atoms with Gasteiger partial charge in [-0.2, -0.15) is 4.72 Å². The van der Waals surface area contributed by atoms with Gasteiger partial charge in [0.1, 0.15) is 12.1 Å². The van der Waals surface area contributed by atoms with E-state index in [4.69, 9.17) is 14.2 Å². The SMILES string of the molecule is CCOC(=O)C(NS(=O)(=O)c1ccc(C)cc1)C(O)c1ccc2c(c1)OCO2. The number of fused-ring (bicyclic) bond motifs is 1. The highest BCUT2D eigenvalue weighted by molar-refractivity contribution is 7.89. The average Bonchev–Trinajstić information content (AvgIpc) is 3.14. The lowest BCUT2D eigenvalue weighted by molar-refractivity contribution is -0.148. The van der Waals surface area contributed by atoms with Crippen LogP contribution in [0, 0.1) is 6.92 Å². The Kier molecular flexibility index (Phi) is 5.87. The second-order valence-corrected chi connectivity index (χ2v) is 7.94. The second kappa shape index (κ2) is 8.17. The lowest BCUT2D eigenvalue weighted by atomic mass is 10.0. The molecule has 0 saturated heterocycles. The van der Waals surface area contributed by atoms with Gasteiger partial charge in [0, 0.05) is 0 Å². The maximum Gasteiger partial charge on any atom is 0.327 e. The van der Waals surface area contributed by atoms with Gasteiger partial charge in [0.15, 0.2) is 11.5 Å². The van der Waals surface area contributed by atoms with Gasteiger partial charge in [-0.15, -0.1) is 0 Å². The molecule has 2 aromatic rings. The molecule has 0 saturated carbocycles. The van der Waals surface area contributed by atoms with Gasteiger partial charge in [0.25, 0.3) is 0 Å². The Labute approximate surface area is 163 Å². The monoisotopic (exact) mass is 407 g/mol. The maximum absolute atomic E-state index is 12.7. The number of aryl methyl sites for hydroxylation is 1. The lowest BCUT2D eigenvalue weighted by Gasteiger charge is -2.23.